The van der Waals surface area contributed by atoms with Gasteiger partial charge in [0.25, 0.3) is 5.91 Å². The lowest BCUT2D eigenvalue weighted by Gasteiger charge is -2.11. The number of nitrogens with one attached hydrogen (secondary N) is 1. The maximum atomic E-state index is 11.2. The third kappa shape index (κ3) is 3.18. The number of allylic oxidation sites excluding steroid dienone is 1. The summed E-state index contributed by atoms with van der Waals surface area (Å²) in [4.78, 5) is 11.2. The molecule has 1 unspecified atom stereocenters. The van der Waals surface area contributed by atoms with Gasteiger partial charge < -0.3 is 15.2 Å². The van der Waals surface area contributed by atoms with E-state index in [2.05, 4.69) is 5.32 Å². The van der Waals surface area contributed by atoms with Gasteiger partial charge >= 0.3 is 0 Å². The van der Waals surface area contributed by atoms with E-state index >= 15 is 0 Å². The number of carbonyl (C=O) groups excluding carboxylic acids is 1. The van der Waals surface area contributed by atoms with Gasteiger partial charge in [-0.3, -0.25) is 4.79 Å². The Labute approximate surface area is 88.6 Å². The number of epoxide rings is 1. The van der Waals surface area contributed by atoms with Crippen LogP contribution in [0, 0.1) is 0 Å². The van der Waals surface area contributed by atoms with Crippen molar-refractivity contribution in [2.24, 2.45) is 0 Å². The number of aliphatic hydroxyl groups excluding tert-OH is 1. The van der Waals surface area contributed by atoms with Crippen LogP contribution in [-0.4, -0.2) is 36.4 Å². The predicted molar refractivity (Wildman–Crippen MR) is 55.2 cm³/mol. The van der Waals surface area contributed by atoms with Crippen molar-refractivity contribution in [1.29, 1.82) is 0 Å². The van der Waals surface area contributed by atoms with Crippen LogP contribution in [0.2, 0.25) is 0 Å². The van der Waals surface area contributed by atoms with E-state index in [4.69, 9.17) is 4.74 Å². The van der Waals surface area contributed by atoms with Crippen molar-refractivity contribution < 1.29 is 14.6 Å². The minimum Gasteiger partial charge on any atom is -0.389 e. The van der Waals surface area contributed by atoms with E-state index in [1.54, 1.807) is 6.08 Å². The van der Waals surface area contributed by atoms with Crippen LogP contribution < -0.4 is 5.32 Å². The Balaban J connectivity index is 1.65. The number of hydrogen-bond acceptors (Lipinski definition) is 3. The van der Waals surface area contributed by atoms with Crippen molar-refractivity contribution >= 4 is 5.91 Å². The molecule has 1 heterocycles. The zero-order valence-corrected chi connectivity index (χ0v) is 8.48. The first-order chi connectivity index (χ1) is 7.25. The van der Waals surface area contributed by atoms with Gasteiger partial charge in [-0.05, 0) is 12.8 Å². The number of amides is 1. The zero-order chi connectivity index (χ0) is 10.7. The quantitative estimate of drug-likeness (QED) is 0.647. The topological polar surface area (TPSA) is 61.9 Å². The van der Waals surface area contributed by atoms with Gasteiger partial charge in [0.2, 0.25) is 0 Å². The van der Waals surface area contributed by atoms with Crippen molar-refractivity contribution in [3.05, 3.63) is 23.8 Å². The second-order valence-electron chi connectivity index (χ2n) is 3.80. The SMILES string of the molecule is O=C(NCCC1=CCC(O)C=C1)[C@H]1CO1. The van der Waals surface area contributed by atoms with Crippen LogP contribution in [0.3, 0.4) is 0 Å². The molecule has 1 aliphatic carbocycles. The molecule has 4 nitrogen and oxygen atoms in total. The van der Waals surface area contributed by atoms with Gasteiger partial charge in [0.1, 0.15) is 0 Å². The predicted octanol–water partition coefficient (Wildman–Crippen LogP) is 0.139. The van der Waals surface area contributed by atoms with E-state index in [9.17, 15) is 9.90 Å². The molecule has 0 saturated carbocycles. The van der Waals surface area contributed by atoms with Gasteiger partial charge in [0.05, 0.1) is 12.7 Å². The molecule has 2 rings (SSSR count). The van der Waals surface area contributed by atoms with Crippen molar-refractivity contribution in [2.75, 3.05) is 13.2 Å². The third-order valence-electron chi connectivity index (χ3n) is 2.49. The van der Waals surface area contributed by atoms with Gasteiger partial charge in [0.15, 0.2) is 6.10 Å². The summed E-state index contributed by atoms with van der Waals surface area (Å²) in [6.07, 6.45) is 6.62. The lowest BCUT2D eigenvalue weighted by atomic mass is 10.0. The summed E-state index contributed by atoms with van der Waals surface area (Å²) in [5.41, 5.74) is 1.16. The molecular weight excluding hydrogens is 194 g/mol. The molecular formula is C11H15NO3. The lowest BCUT2D eigenvalue weighted by molar-refractivity contribution is -0.122. The normalized spacial score (nSPS) is 28.5. The Hall–Kier alpha value is -1.13. The molecule has 0 aromatic heterocycles. The molecule has 2 aliphatic rings. The van der Waals surface area contributed by atoms with Crippen molar-refractivity contribution in [3.8, 4) is 0 Å². The van der Waals surface area contributed by atoms with Gasteiger partial charge in [0, 0.05) is 6.54 Å². The number of hydrogen-bond donors (Lipinski definition) is 2. The molecule has 0 aromatic carbocycles. The van der Waals surface area contributed by atoms with Gasteiger partial charge in [-0.1, -0.05) is 23.8 Å². The number of ether oxygens (including phenoxy) is 1. The Bertz CT molecular complexity index is 305. The molecule has 0 bridgehead atoms. The highest BCUT2D eigenvalue weighted by Gasteiger charge is 2.30. The molecule has 1 fully saturated rings. The van der Waals surface area contributed by atoms with E-state index in [-0.39, 0.29) is 18.1 Å². The van der Waals surface area contributed by atoms with Crippen LogP contribution in [0.25, 0.3) is 0 Å². The molecule has 0 aromatic rings. The Morgan fingerprint density at radius 2 is 2.47 bits per heavy atom. The molecule has 0 radical (unpaired) electrons. The second-order valence-corrected chi connectivity index (χ2v) is 3.80. The average molecular weight is 209 g/mol. The molecule has 1 amide bonds. The molecule has 15 heavy (non-hydrogen) atoms. The van der Waals surface area contributed by atoms with E-state index in [1.165, 1.54) is 0 Å². The van der Waals surface area contributed by atoms with Crippen LogP contribution in [0.15, 0.2) is 23.8 Å². The van der Waals surface area contributed by atoms with E-state index in [0.29, 0.717) is 19.6 Å². The summed E-state index contributed by atoms with van der Waals surface area (Å²) in [5.74, 6) is -0.0181. The molecule has 0 spiro atoms. The van der Waals surface area contributed by atoms with Crippen molar-refractivity contribution in [3.63, 3.8) is 0 Å². The lowest BCUT2D eigenvalue weighted by Crippen LogP contribution is -2.29. The maximum Gasteiger partial charge on any atom is 0.251 e. The van der Waals surface area contributed by atoms with E-state index < -0.39 is 0 Å². The average Bonchev–Trinajstić information content (AvgIpc) is 3.04. The summed E-state index contributed by atoms with van der Waals surface area (Å²) in [6, 6.07) is 0. The summed E-state index contributed by atoms with van der Waals surface area (Å²) < 4.78 is 4.85. The monoisotopic (exact) mass is 209 g/mol. The first kappa shape index (κ1) is 10.4. The summed E-state index contributed by atoms with van der Waals surface area (Å²) in [6.45, 7) is 1.19. The summed E-state index contributed by atoms with van der Waals surface area (Å²) in [7, 11) is 0. The summed E-state index contributed by atoms with van der Waals surface area (Å²) in [5, 5.41) is 12.0. The highest BCUT2D eigenvalue weighted by Crippen LogP contribution is 2.13. The van der Waals surface area contributed by atoms with E-state index in [1.807, 2.05) is 12.2 Å². The highest BCUT2D eigenvalue weighted by atomic mass is 16.6. The van der Waals surface area contributed by atoms with Crippen LogP contribution in [0.5, 0.6) is 0 Å². The largest absolute Gasteiger partial charge is 0.389 e. The van der Waals surface area contributed by atoms with E-state index in [0.717, 1.165) is 12.0 Å². The van der Waals surface area contributed by atoms with Gasteiger partial charge in [-0.2, -0.15) is 0 Å². The molecule has 4 heteroatoms. The molecule has 1 saturated heterocycles. The first-order valence-corrected chi connectivity index (χ1v) is 5.20. The van der Waals surface area contributed by atoms with Crippen molar-refractivity contribution in [1.82, 2.24) is 5.32 Å². The minimum absolute atomic E-state index is 0.0181. The van der Waals surface area contributed by atoms with Crippen LogP contribution in [-0.2, 0) is 9.53 Å². The van der Waals surface area contributed by atoms with Crippen molar-refractivity contribution in [2.45, 2.75) is 25.0 Å². The highest BCUT2D eigenvalue weighted by molar-refractivity contribution is 5.82. The summed E-state index contributed by atoms with van der Waals surface area (Å²) >= 11 is 0. The number of aliphatic hydroxyl groups is 1. The third-order valence-corrected chi connectivity index (χ3v) is 2.49. The fourth-order valence-electron chi connectivity index (χ4n) is 1.48. The van der Waals surface area contributed by atoms with Crippen LogP contribution in [0.1, 0.15) is 12.8 Å². The number of carbonyl (C=O) groups is 1. The van der Waals surface area contributed by atoms with Crippen LogP contribution >= 0.6 is 0 Å². The Kier molecular flexibility index (Phi) is 3.18. The zero-order valence-electron chi connectivity index (χ0n) is 8.48. The number of rotatable bonds is 4. The minimum atomic E-state index is -0.344. The Morgan fingerprint density at radius 1 is 1.67 bits per heavy atom. The van der Waals surface area contributed by atoms with Gasteiger partial charge in [-0.25, -0.2) is 0 Å². The smallest absolute Gasteiger partial charge is 0.251 e. The maximum absolute atomic E-state index is 11.2. The molecule has 2 atom stereocenters. The molecule has 82 valence electrons. The Morgan fingerprint density at radius 3 is 3.07 bits per heavy atom. The fourth-order valence-corrected chi connectivity index (χ4v) is 1.48. The molecule has 2 N–H and O–H groups in total. The fraction of sp³-hybridized carbons (Fsp3) is 0.545. The molecule has 1 aliphatic heterocycles. The first-order valence-electron chi connectivity index (χ1n) is 5.20. The van der Waals surface area contributed by atoms with Gasteiger partial charge in [-0.15, -0.1) is 0 Å². The second kappa shape index (κ2) is 4.59. The standard InChI is InChI=1S/C11H15NO3/c13-9-3-1-8(2-4-9)5-6-12-11(14)10-7-15-10/h1-3,9-10,13H,4-7H2,(H,12,14)/t9?,10-/m1/s1. The van der Waals surface area contributed by atoms with Crippen LogP contribution in [0.4, 0.5) is 0 Å².